The zero-order chi connectivity index (χ0) is 53.3. The zero-order valence-corrected chi connectivity index (χ0v) is 48.8. The molecule has 3 aromatic rings. The number of nitrogens with zero attached hydrogens (tertiary/aromatic N) is 3. The second-order valence-corrected chi connectivity index (χ2v) is 19.8. The molecular formula is C57H86ClFN7O7Y-. The fraction of sp³-hybridized carbons (Fsp3) is 0.596. The van der Waals surface area contributed by atoms with E-state index in [1.807, 2.05) is 70.2 Å². The topological polar surface area (TPSA) is 196 Å². The van der Waals surface area contributed by atoms with Gasteiger partial charge in [-0.1, -0.05) is 99.3 Å². The van der Waals surface area contributed by atoms with E-state index in [4.69, 9.17) is 32.5 Å². The van der Waals surface area contributed by atoms with E-state index < -0.39 is 24.2 Å². The van der Waals surface area contributed by atoms with Crippen molar-refractivity contribution < 1.29 is 70.9 Å². The van der Waals surface area contributed by atoms with Gasteiger partial charge >= 0.3 is 0 Å². The Balaban J connectivity index is 0.000000365. The van der Waals surface area contributed by atoms with Crippen LogP contribution >= 0.6 is 11.6 Å². The van der Waals surface area contributed by atoms with Gasteiger partial charge in [-0.3, -0.25) is 14.4 Å². The molecule has 409 valence electrons. The Kier molecular flexibility index (Phi) is 30.7. The Morgan fingerprint density at radius 2 is 1.58 bits per heavy atom. The summed E-state index contributed by atoms with van der Waals surface area (Å²) in [5.41, 5.74) is 19.2. The molecule has 3 fully saturated rings. The number of piperidine rings is 2. The number of hydrogen-bond acceptors (Lipinski definition) is 11. The van der Waals surface area contributed by atoms with E-state index in [0.29, 0.717) is 58.6 Å². The van der Waals surface area contributed by atoms with Gasteiger partial charge in [0.1, 0.15) is 18.0 Å². The molecule has 3 aromatic carbocycles. The first-order valence-electron chi connectivity index (χ1n) is 26.6. The number of halogens is 2. The molecule has 2 heterocycles. The second kappa shape index (κ2) is 35.0. The number of carbonyl (C=O) groups is 3. The van der Waals surface area contributed by atoms with Gasteiger partial charge in [-0.15, -0.1) is 7.05 Å². The van der Waals surface area contributed by atoms with Crippen LogP contribution in [-0.4, -0.2) is 131 Å². The number of likely N-dealkylation sites (tertiary alicyclic amines) is 2. The van der Waals surface area contributed by atoms with Gasteiger partial charge in [-0.2, -0.15) is 0 Å². The molecule has 7 N–H and O–H groups in total. The van der Waals surface area contributed by atoms with Crippen molar-refractivity contribution in [1.82, 2.24) is 15.1 Å². The molecule has 4 aliphatic rings. The molecule has 2 amide bonds. The molecule has 6 atom stereocenters. The number of aliphatic hydroxyl groups excluding tert-OH is 1. The number of nitrogens with one attached hydrogen (secondary N) is 2. The molecule has 5 unspecified atom stereocenters. The number of methoxy groups -OCH3 is 2. The molecule has 1 radical (unpaired) electrons. The molecular weight excluding hydrogens is 1040 g/mol. The minimum Gasteiger partial charge on any atom is -0.561 e. The van der Waals surface area contributed by atoms with Gasteiger partial charge in [0.25, 0.3) is 11.9 Å². The van der Waals surface area contributed by atoms with Crippen LogP contribution in [0.25, 0.3) is 5.48 Å². The molecule has 2 saturated heterocycles. The molecule has 0 bridgehead atoms. The van der Waals surface area contributed by atoms with Crippen LogP contribution in [0.3, 0.4) is 0 Å². The number of rotatable bonds is 17. The summed E-state index contributed by atoms with van der Waals surface area (Å²) >= 11 is 6.41. The predicted molar refractivity (Wildman–Crippen MR) is 292 cm³/mol. The fourth-order valence-corrected chi connectivity index (χ4v) is 10.3. The number of anilines is 1. The number of ether oxygens (including phenoxy) is 2. The van der Waals surface area contributed by atoms with Crippen molar-refractivity contribution >= 4 is 35.1 Å². The number of carbonyl (C=O) groups excluding carboxylic acids is 3. The number of benzene rings is 3. The van der Waals surface area contributed by atoms with Gasteiger partial charge in [0, 0.05) is 113 Å². The number of amides is 2. The number of nitrogens with two attached hydrogens (primary N) is 2. The number of hydroxylamine groups is 1. The van der Waals surface area contributed by atoms with Crippen molar-refractivity contribution in [3.8, 4) is 5.75 Å². The normalized spacial score (nSPS) is 21.5. The van der Waals surface area contributed by atoms with Crippen LogP contribution in [0.15, 0.2) is 78.9 Å². The third-order valence-corrected chi connectivity index (χ3v) is 14.5. The summed E-state index contributed by atoms with van der Waals surface area (Å²) in [6.07, 6.45) is 11.2. The molecule has 17 heteroatoms. The van der Waals surface area contributed by atoms with E-state index in [9.17, 15) is 23.9 Å². The Labute approximate surface area is 471 Å². The van der Waals surface area contributed by atoms with Crippen molar-refractivity contribution in [2.24, 2.45) is 29.2 Å². The molecule has 74 heavy (non-hydrogen) atoms. The number of aliphatic hydroxyl groups is 1. The van der Waals surface area contributed by atoms with E-state index in [1.165, 1.54) is 32.4 Å². The van der Waals surface area contributed by atoms with Crippen molar-refractivity contribution in [3.63, 3.8) is 0 Å². The van der Waals surface area contributed by atoms with Crippen LogP contribution in [0.2, 0.25) is 5.02 Å². The number of hydrogen-bond donors (Lipinski definition) is 5. The maximum Gasteiger partial charge on any atom is 0.292 e. The maximum atomic E-state index is 14.8. The Morgan fingerprint density at radius 1 is 0.892 bits per heavy atom. The van der Waals surface area contributed by atoms with Gasteiger partial charge in [-0.25, -0.2) is 4.39 Å². The Hall–Kier alpha value is -3.51. The summed E-state index contributed by atoms with van der Waals surface area (Å²) in [6, 6.07) is 20.9. The van der Waals surface area contributed by atoms with E-state index in [1.54, 1.807) is 44.6 Å². The van der Waals surface area contributed by atoms with E-state index in [-0.39, 0.29) is 75.4 Å². The average molecular weight is 1120 g/mol. The zero-order valence-electron chi connectivity index (χ0n) is 45.2. The quantitative estimate of drug-likeness (QED) is 0.0638. The molecule has 0 spiro atoms. The Morgan fingerprint density at radius 3 is 2.20 bits per heavy atom. The van der Waals surface area contributed by atoms with E-state index >= 15 is 0 Å². The fourth-order valence-electron chi connectivity index (χ4n) is 10.1. The van der Waals surface area contributed by atoms with Crippen LogP contribution < -0.4 is 26.8 Å². The first kappa shape index (κ1) is 64.8. The van der Waals surface area contributed by atoms with Crippen molar-refractivity contribution in [2.75, 3.05) is 78.9 Å². The van der Waals surface area contributed by atoms with Gasteiger partial charge in [0.15, 0.2) is 0 Å². The molecule has 14 nitrogen and oxygen atoms in total. The average Bonchev–Trinajstić information content (AvgIpc) is 3.41. The summed E-state index contributed by atoms with van der Waals surface area (Å²) in [5, 5.41) is 16.8. The summed E-state index contributed by atoms with van der Waals surface area (Å²) in [4.78, 5) is 46.8. The van der Waals surface area contributed by atoms with Gasteiger partial charge in [0.05, 0.1) is 25.3 Å². The third kappa shape index (κ3) is 20.1. The standard InChI is InChI=1S/C30H46N5O5.C21H24ClFN2O.C4H10O.C2H6.Y/c1-31-40-28(36)12-15-32-26-19-24(10-11-27(26)39-2)29(37)33-25-9-6-16-34(21-25)20-22-13-17-35(18-14-22)30(38)23-7-4-3-5-8-23;22-18-8-6-14(17(12-25)13-4-2-1-3-5-13)10-16(18)20-15(11-24)7-9-19(26)21(20)23;1-4(2)5-3;1-2;/h10-11,19,22-23,25,32H,3-9,12-18,20-21H2,1-2H3,(H,33,37);1-10,15,17,19-21,26H,11-12,24-25H2;4H,1-3H3;1-2H3;/q-1;;;;/t25-;;;;/m1..../s1. The first-order chi connectivity index (χ1) is 35.3. The van der Waals surface area contributed by atoms with Crippen LogP contribution in [0, 0.1) is 17.8 Å². The van der Waals surface area contributed by atoms with E-state index in [0.717, 1.165) is 82.4 Å². The molecule has 0 aromatic heterocycles. The molecule has 1 saturated carbocycles. The maximum absolute atomic E-state index is 14.8. The first-order valence-corrected chi connectivity index (χ1v) is 27.0. The summed E-state index contributed by atoms with van der Waals surface area (Å²) < 4.78 is 25.0. The summed E-state index contributed by atoms with van der Waals surface area (Å²) in [5.74, 6) is 0.505. The van der Waals surface area contributed by atoms with Crippen LogP contribution in [-0.2, 0) is 51.9 Å². The largest absolute Gasteiger partial charge is 0.561 e. The van der Waals surface area contributed by atoms with Gasteiger partial charge in [0.2, 0.25) is 5.91 Å². The van der Waals surface area contributed by atoms with Crippen LogP contribution in [0.4, 0.5) is 10.1 Å². The SMILES string of the molecule is CC.COC(C)C.C[N-]OC(=O)CCNc1cc(C(=O)N[C@@H]2CCCN(CC3CCN(C(=O)C4CCCCC4)CC3)C2)ccc1OC.NCC(c1ccccc1)c1ccc(Cl)c(C2C(CN)C=CC(O)C2F)c1.[Y]. The van der Waals surface area contributed by atoms with Crippen molar-refractivity contribution in [3.05, 3.63) is 112 Å². The van der Waals surface area contributed by atoms with E-state index in [2.05, 4.69) is 30.8 Å². The molecule has 2 aliphatic carbocycles. The number of alkyl halides is 1. The minimum absolute atomic E-state index is 0. The molecule has 2 aliphatic heterocycles. The summed E-state index contributed by atoms with van der Waals surface area (Å²) in [7, 11) is 4.68. The monoisotopic (exact) mass is 1120 g/mol. The summed E-state index contributed by atoms with van der Waals surface area (Å²) in [6.45, 7) is 13.7. The predicted octanol–water partition coefficient (Wildman–Crippen LogP) is 9.39. The smallest absolute Gasteiger partial charge is 0.292 e. The van der Waals surface area contributed by atoms with Gasteiger partial charge < -0.3 is 56.8 Å². The third-order valence-electron chi connectivity index (χ3n) is 14.2. The Bertz CT molecular complexity index is 2130. The minimum atomic E-state index is -1.45. The second-order valence-electron chi connectivity index (χ2n) is 19.4. The molecule has 7 rings (SSSR count). The van der Waals surface area contributed by atoms with Crippen molar-refractivity contribution in [1.29, 1.82) is 0 Å². The van der Waals surface area contributed by atoms with Crippen molar-refractivity contribution in [2.45, 2.75) is 128 Å². The van der Waals surface area contributed by atoms with Gasteiger partial charge in [-0.05, 0) is 118 Å². The van der Waals surface area contributed by atoms with Crippen LogP contribution in [0.5, 0.6) is 5.75 Å². The van der Waals surface area contributed by atoms with Crippen LogP contribution in [0.1, 0.15) is 131 Å².